The summed E-state index contributed by atoms with van der Waals surface area (Å²) < 4.78 is 24.4. The van der Waals surface area contributed by atoms with E-state index in [1.165, 1.54) is 6.92 Å². The van der Waals surface area contributed by atoms with Crippen molar-refractivity contribution >= 4 is 0 Å². The van der Waals surface area contributed by atoms with Gasteiger partial charge in [0.25, 0.3) is 5.92 Å². The summed E-state index contributed by atoms with van der Waals surface area (Å²) in [5.74, 6) is -3.13. The minimum Gasteiger partial charge on any atom is -0.386 e. The summed E-state index contributed by atoms with van der Waals surface area (Å²) in [6, 6.07) is 0. The van der Waals surface area contributed by atoms with Crippen LogP contribution in [0.25, 0.3) is 0 Å². The van der Waals surface area contributed by atoms with Crippen LogP contribution in [0.1, 0.15) is 13.3 Å². The summed E-state index contributed by atoms with van der Waals surface area (Å²) in [6.07, 6.45) is -1.09. The lowest BCUT2D eigenvalue weighted by atomic mass is 10.1. The maximum Gasteiger partial charge on any atom is 0.291 e. The van der Waals surface area contributed by atoms with Crippen molar-refractivity contribution in [3.63, 3.8) is 0 Å². The Balaban J connectivity index is 3.95. The fourth-order valence-corrected chi connectivity index (χ4v) is 0.408. The van der Waals surface area contributed by atoms with E-state index in [0.717, 1.165) is 0 Å². The minimum absolute atomic E-state index is 0.0407. The lowest BCUT2D eigenvalue weighted by molar-refractivity contribution is -0.0700. The third-order valence-corrected chi connectivity index (χ3v) is 1.10. The lowest BCUT2D eigenvalue weighted by Gasteiger charge is -2.16. The predicted octanol–water partition coefficient (Wildman–Crippen LogP) is 1.58. The van der Waals surface area contributed by atoms with Crippen LogP contribution in [0.2, 0.25) is 0 Å². The monoisotopic (exact) mass is 136 g/mol. The van der Waals surface area contributed by atoms with Crippen molar-refractivity contribution in [1.29, 1.82) is 0 Å². The van der Waals surface area contributed by atoms with Gasteiger partial charge in [-0.3, -0.25) is 0 Å². The molecule has 0 aliphatic carbocycles. The number of alkyl halides is 2. The van der Waals surface area contributed by atoms with Gasteiger partial charge in [0, 0.05) is 0 Å². The van der Waals surface area contributed by atoms with Crippen LogP contribution in [-0.4, -0.2) is 17.1 Å². The third kappa shape index (κ3) is 2.10. The van der Waals surface area contributed by atoms with Crippen LogP contribution in [0, 0.1) is 0 Å². The molecule has 9 heavy (non-hydrogen) atoms. The van der Waals surface area contributed by atoms with E-state index < -0.39 is 12.0 Å². The van der Waals surface area contributed by atoms with Crippen molar-refractivity contribution in [3.05, 3.63) is 12.7 Å². The molecule has 0 aliphatic rings. The maximum atomic E-state index is 12.2. The molecule has 1 atom stereocenters. The normalized spacial score (nSPS) is 15.1. The van der Waals surface area contributed by atoms with Gasteiger partial charge in [-0.1, -0.05) is 13.5 Å². The first kappa shape index (κ1) is 8.56. The number of rotatable bonds is 3. The number of aliphatic hydroxyl groups excluding tert-OH is 1. The highest BCUT2D eigenvalue weighted by atomic mass is 19.3. The van der Waals surface area contributed by atoms with Crippen LogP contribution >= 0.6 is 0 Å². The molecule has 0 heterocycles. The third-order valence-electron chi connectivity index (χ3n) is 1.10. The Hall–Kier alpha value is -0.440. The van der Waals surface area contributed by atoms with Crippen LogP contribution < -0.4 is 0 Å². The molecular formula is C6H10F2O. The summed E-state index contributed by atoms with van der Waals surface area (Å²) in [5, 5.41) is 8.56. The lowest BCUT2D eigenvalue weighted by Crippen LogP contribution is -2.29. The van der Waals surface area contributed by atoms with E-state index in [9.17, 15) is 8.78 Å². The Morgan fingerprint density at radius 1 is 1.78 bits per heavy atom. The van der Waals surface area contributed by atoms with E-state index >= 15 is 0 Å². The molecule has 0 aromatic rings. The second-order valence-electron chi connectivity index (χ2n) is 1.80. The maximum absolute atomic E-state index is 12.2. The van der Waals surface area contributed by atoms with E-state index in [2.05, 4.69) is 6.58 Å². The molecule has 0 saturated heterocycles. The summed E-state index contributed by atoms with van der Waals surface area (Å²) in [7, 11) is 0. The van der Waals surface area contributed by atoms with Crippen LogP contribution in [0.15, 0.2) is 12.7 Å². The topological polar surface area (TPSA) is 20.2 Å². The zero-order chi connectivity index (χ0) is 7.49. The van der Waals surface area contributed by atoms with E-state index in [0.29, 0.717) is 6.08 Å². The SMILES string of the molecule is C=CC(F)(F)[C@@H](O)CC. The standard InChI is InChI=1S/C6H10F2O/c1-3-5(9)6(7,8)4-2/h4-5,9H,2-3H2,1H3/t5-/m0/s1. The molecular weight excluding hydrogens is 126 g/mol. The predicted molar refractivity (Wildman–Crippen MR) is 31.4 cm³/mol. The molecule has 0 saturated carbocycles. The summed E-state index contributed by atoms with van der Waals surface area (Å²) in [6.45, 7) is 4.38. The molecule has 0 rings (SSSR count). The van der Waals surface area contributed by atoms with Crippen LogP contribution in [0.3, 0.4) is 0 Å². The van der Waals surface area contributed by atoms with Crippen molar-refractivity contribution in [3.8, 4) is 0 Å². The molecule has 0 spiro atoms. The highest BCUT2D eigenvalue weighted by molar-refractivity contribution is 4.92. The summed E-state index contributed by atoms with van der Waals surface area (Å²) in [5.41, 5.74) is 0. The number of hydrogen-bond donors (Lipinski definition) is 1. The zero-order valence-electron chi connectivity index (χ0n) is 5.27. The molecule has 1 nitrogen and oxygen atoms in total. The van der Waals surface area contributed by atoms with Gasteiger partial charge < -0.3 is 5.11 Å². The number of hydrogen-bond acceptors (Lipinski definition) is 1. The zero-order valence-corrected chi connectivity index (χ0v) is 5.27. The van der Waals surface area contributed by atoms with Crippen LogP contribution in [-0.2, 0) is 0 Å². The minimum atomic E-state index is -3.13. The Kier molecular flexibility index (Phi) is 2.77. The van der Waals surface area contributed by atoms with Crippen molar-refractivity contribution < 1.29 is 13.9 Å². The molecule has 0 aliphatic heterocycles. The Morgan fingerprint density at radius 3 is 2.33 bits per heavy atom. The first-order chi connectivity index (χ1) is 4.04. The van der Waals surface area contributed by atoms with Crippen molar-refractivity contribution in [2.75, 3.05) is 0 Å². The van der Waals surface area contributed by atoms with Crippen molar-refractivity contribution in [1.82, 2.24) is 0 Å². The molecule has 0 aromatic carbocycles. The smallest absolute Gasteiger partial charge is 0.291 e. The molecule has 0 bridgehead atoms. The molecule has 54 valence electrons. The van der Waals surface area contributed by atoms with Crippen molar-refractivity contribution in [2.45, 2.75) is 25.4 Å². The quantitative estimate of drug-likeness (QED) is 0.584. The molecule has 0 radical (unpaired) electrons. The Labute approximate surface area is 53.0 Å². The first-order valence-electron chi connectivity index (χ1n) is 2.74. The van der Waals surface area contributed by atoms with Crippen LogP contribution in [0.5, 0.6) is 0 Å². The highest BCUT2D eigenvalue weighted by Gasteiger charge is 2.32. The fraction of sp³-hybridized carbons (Fsp3) is 0.667. The average Bonchev–Trinajstić information content (AvgIpc) is 1.86. The molecule has 0 amide bonds. The van der Waals surface area contributed by atoms with Gasteiger partial charge in [-0.2, -0.15) is 8.78 Å². The second-order valence-corrected chi connectivity index (χ2v) is 1.80. The van der Waals surface area contributed by atoms with Crippen LogP contribution in [0.4, 0.5) is 8.78 Å². The van der Waals surface area contributed by atoms with E-state index in [-0.39, 0.29) is 6.42 Å². The van der Waals surface area contributed by atoms with Crippen molar-refractivity contribution in [2.24, 2.45) is 0 Å². The van der Waals surface area contributed by atoms with Gasteiger partial charge in [0.05, 0.1) is 0 Å². The van der Waals surface area contributed by atoms with E-state index in [1.807, 2.05) is 0 Å². The van der Waals surface area contributed by atoms with Gasteiger partial charge in [-0.25, -0.2) is 0 Å². The number of halogens is 2. The van der Waals surface area contributed by atoms with Gasteiger partial charge in [0.2, 0.25) is 0 Å². The van der Waals surface area contributed by atoms with E-state index in [1.54, 1.807) is 0 Å². The Morgan fingerprint density at radius 2 is 2.22 bits per heavy atom. The fourth-order valence-electron chi connectivity index (χ4n) is 0.408. The first-order valence-corrected chi connectivity index (χ1v) is 2.74. The van der Waals surface area contributed by atoms with E-state index in [4.69, 9.17) is 5.11 Å². The highest BCUT2D eigenvalue weighted by Crippen LogP contribution is 2.21. The molecule has 1 N–H and O–H groups in total. The molecule has 0 fully saturated rings. The molecule has 0 unspecified atom stereocenters. The number of aliphatic hydroxyl groups is 1. The summed E-state index contributed by atoms with van der Waals surface area (Å²) in [4.78, 5) is 0. The largest absolute Gasteiger partial charge is 0.386 e. The second kappa shape index (κ2) is 2.92. The van der Waals surface area contributed by atoms with Gasteiger partial charge in [-0.05, 0) is 12.5 Å². The Bertz CT molecular complexity index is 101. The van der Waals surface area contributed by atoms with Gasteiger partial charge in [0.1, 0.15) is 6.10 Å². The molecule has 3 heteroatoms. The van der Waals surface area contributed by atoms with Gasteiger partial charge >= 0.3 is 0 Å². The summed E-state index contributed by atoms with van der Waals surface area (Å²) >= 11 is 0. The van der Waals surface area contributed by atoms with Gasteiger partial charge in [-0.15, -0.1) is 0 Å². The van der Waals surface area contributed by atoms with Gasteiger partial charge in [0.15, 0.2) is 0 Å². The molecule has 0 aromatic heterocycles. The average molecular weight is 136 g/mol.